The van der Waals surface area contributed by atoms with Crippen LogP contribution in [0.3, 0.4) is 0 Å². The van der Waals surface area contributed by atoms with Gasteiger partial charge in [0.2, 0.25) is 9.84 Å². The number of anilines is 1. The first kappa shape index (κ1) is 21.0. The predicted octanol–water partition coefficient (Wildman–Crippen LogP) is 3.31. The molecule has 9 nitrogen and oxygen atoms in total. The highest BCUT2D eigenvalue weighted by atomic mass is 32.2. The quantitative estimate of drug-likeness (QED) is 0.776. The van der Waals surface area contributed by atoms with Crippen LogP contribution in [0.15, 0.2) is 21.8 Å². The molecule has 0 fully saturated rings. The molecule has 158 valence electrons. The lowest BCUT2D eigenvalue weighted by Crippen LogP contribution is -2.43. The fraction of sp³-hybridized carbons (Fsp3) is 0.500. The minimum atomic E-state index is -3.81. The molecule has 3 rings (SSSR count). The van der Waals surface area contributed by atoms with E-state index in [9.17, 15) is 17.6 Å². The molecule has 0 atom stereocenters. The Morgan fingerprint density at radius 3 is 2.59 bits per heavy atom. The Morgan fingerprint density at radius 1 is 1.31 bits per heavy atom. The molecule has 1 aromatic heterocycles. The van der Waals surface area contributed by atoms with Crippen LogP contribution in [0.25, 0.3) is 11.0 Å². The van der Waals surface area contributed by atoms with Crippen LogP contribution in [0.2, 0.25) is 0 Å². The van der Waals surface area contributed by atoms with Crippen molar-refractivity contribution in [2.75, 3.05) is 5.32 Å². The molecule has 0 aliphatic carbocycles. The third kappa shape index (κ3) is 4.84. The maximum Gasteiger partial charge on any atom is 0.319 e. The van der Waals surface area contributed by atoms with Crippen molar-refractivity contribution in [3.8, 4) is 0 Å². The standard InChI is InChI=1S/C18H23FN4O5S/c1-17(2,3)21-16(24)20-12-6-10-13(22-27-14(10)7-11(12)19)9-29(25,26)15-8-18(4,5)28-23-15/h6-7H,8-9H2,1-5H3,(H2,20,21,24). The zero-order chi connectivity index (χ0) is 21.6. The van der Waals surface area contributed by atoms with Gasteiger partial charge in [0.05, 0.1) is 5.69 Å². The van der Waals surface area contributed by atoms with Crippen molar-refractivity contribution < 1.29 is 27.0 Å². The average Bonchev–Trinajstić information content (AvgIpc) is 3.09. The van der Waals surface area contributed by atoms with E-state index in [2.05, 4.69) is 20.9 Å². The number of halogens is 1. The summed E-state index contributed by atoms with van der Waals surface area (Å²) >= 11 is 0. The number of rotatable bonds is 3. The van der Waals surface area contributed by atoms with Crippen molar-refractivity contribution in [3.05, 3.63) is 23.6 Å². The third-order valence-electron chi connectivity index (χ3n) is 4.03. The summed E-state index contributed by atoms with van der Waals surface area (Å²) in [4.78, 5) is 17.2. The molecule has 1 aliphatic rings. The van der Waals surface area contributed by atoms with Crippen LogP contribution >= 0.6 is 0 Å². The SMILES string of the molecule is CC(C)(C)NC(=O)Nc1cc2c(CS(=O)(=O)C3=NOC(C)(C)C3)noc2cc1F. The summed E-state index contributed by atoms with van der Waals surface area (Å²) < 4.78 is 44.7. The number of carbonyl (C=O) groups excluding carboxylic acids is 1. The molecule has 2 amide bonds. The molecule has 0 unspecified atom stereocenters. The van der Waals surface area contributed by atoms with Crippen molar-refractivity contribution in [2.24, 2.45) is 5.16 Å². The maximum atomic E-state index is 14.3. The summed E-state index contributed by atoms with van der Waals surface area (Å²) in [6.45, 7) is 8.81. The van der Waals surface area contributed by atoms with Crippen molar-refractivity contribution in [3.63, 3.8) is 0 Å². The molecule has 2 aromatic rings. The second-order valence-corrected chi connectivity index (χ2v) is 10.5. The van der Waals surface area contributed by atoms with Crippen molar-refractivity contribution in [2.45, 2.75) is 57.9 Å². The Bertz CT molecular complexity index is 1100. The smallest absolute Gasteiger partial charge is 0.319 e. The van der Waals surface area contributed by atoms with Gasteiger partial charge in [-0.05, 0) is 40.7 Å². The molecule has 11 heteroatoms. The molecule has 2 N–H and O–H groups in total. The van der Waals surface area contributed by atoms with E-state index in [4.69, 9.17) is 9.36 Å². The highest BCUT2D eigenvalue weighted by Crippen LogP contribution is 2.30. The van der Waals surface area contributed by atoms with Gasteiger partial charge in [0, 0.05) is 23.4 Å². The zero-order valence-electron chi connectivity index (χ0n) is 16.8. The number of benzene rings is 1. The van der Waals surface area contributed by atoms with Gasteiger partial charge >= 0.3 is 6.03 Å². The van der Waals surface area contributed by atoms with Crippen molar-refractivity contribution in [1.29, 1.82) is 0 Å². The second kappa shape index (κ2) is 6.97. The normalized spacial score (nSPS) is 16.4. The van der Waals surface area contributed by atoms with Gasteiger partial charge in [-0.2, -0.15) is 0 Å². The van der Waals surface area contributed by atoms with Gasteiger partial charge < -0.3 is 20.0 Å². The van der Waals surface area contributed by atoms with Crippen LogP contribution in [-0.2, 0) is 20.4 Å². The van der Waals surface area contributed by atoms with Gasteiger partial charge in [-0.1, -0.05) is 10.3 Å². The number of oxime groups is 1. The van der Waals surface area contributed by atoms with Crippen LogP contribution in [0, 0.1) is 5.82 Å². The van der Waals surface area contributed by atoms with Crippen molar-refractivity contribution >= 4 is 37.6 Å². The number of sulfone groups is 1. The minimum Gasteiger partial charge on any atom is -0.389 e. The molecule has 29 heavy (non-hydrogen) atoms. The topological polar surface area (TPSA) is 123 Å². The van der Waals surface area contributed by atoms with Gasteiger partial charge in [0.25, 0.3) is 0 Å². The van der Waals surface area contributed by atoms with Gasteiger partial charge in [-0.25, -0.2) is 17.6 Å². The van der Waals surface area contributed by atoms with Crippen LogP contribution in [-0.4, -0.2) is 35.8 Å². The Labute approximate surface area is 167 Å². The second-order valence-electron chi connectivity index (χ2n) is 8.56. The van der Waals surface area contributed by atoms with E-state index in [1.807, 2.05) is 0 Å². The van der Waals surface area contributed by atoms with E-state index in [0.29, 0.717) is 0 Å². The lowest BCUT2D eigenvalue weighted by molar-refractivity contribution is 0.0123. The lowest BCUT2D eigenvalue weighted by Gasteiger charge is -2.20. The Kier molecular flexibility index (Phi) is 5.06. The summed E-state index contributed by atoms with van der Waals surface area (Å²) in [5.74, 6) is -1.22. The maximum absolute atomic E-state index is 14.3. The van der Waals surface area contributed by atoms with Crippen molar-refractivity contribution in [1.82, 2.24) is 10.5 Å². The Morgan fingerprint density at radius 2 is 2.00 bits per heavy atom. The monoisotopic (exact) mass is 426 g/mol. The van der Waals surface area contributed by atoms with E-state index < -0.39 is 38.6 Å². The molecule has 0 saturated carbocycles. The summed E-state index contributed by atoms with van der Waals surface area (Å²) in [6, 6.07) is 1.75. The van der Waals surface area contributed by atoms with E-state index in [-0.39, 0.29) is 33.8 Å². The Hall–Kier alpha value is -2.69. The minimum absolute atomic E-state index is 0.0689. The van der Waals surface area contributed by atoms with Gasteiger partial charge in [0.1, 0.15) is 17.0 Å². The number of nitrogens with zero attached hydrogens (tertiary/aromatic N) is 2. The highest BCUT2D eigenvalue weighted by molar-refractivity contribution is 8.05. The zero-order valence-corrected chi connectivity index (χ0v) is 17.6. The number of carbonyl (C=O) groups is 1. The molecule has 1 aromatic carbocycles. The van der Waals surface area contributed by atoms with E-state index >= 15 is 0 Å². The first-order valence-electron chi connectivity index (χ1n) is 8.91. The highest BCUT2D eigenvalue weighted by Gasteiger charge is 2.36. The van der Waals surface area contributed by atoms with Crippen LogP contribution in [0.4, 0.5) is 14.9 Å². The largest absolute Gasteiger partial charge is 0.389 e. The van der Waals surface area contributed by atoms with E-state index in [0.717, 1.165) is 6.07 Å². The summed E-state index contributed by atoms with van der Waals surface area (Å²) in [5, 5.41) is 12.7. The summed E-state index contributed by atoms with van der Waals surface area (Å²) in [6.07, 6.45) is 0.138. The number of hydrogen-bond acceptors (Lipinski definition) is 7. The lowest BCUT2D eigenvalue weighted by atomic mass is 10.1. The predicted molar refractivity (Wildman–Crippen MR) is 106 cm³/mol. The fourth-order valence-corrected chi connectivity index (χ4v) is 4.19. The fourth-order valence-electron chi connectivity index (χ4n) is 2.74. The first-order valence-corrected chi connectivity index (χ1v) is 10.6. The molecule has 2 heterocycles. The number of urea groups is 1. The first-order chi connectivity index (χ1) is 13.3. The van der Waals surface area contributed by atoms with Gasteiger partial charge in [0.15, 0.2) is 16.4 Å². The molecular formula is C18H23FN4O5S. The molecule has 1 aliphatic heterocycles. The number of hydrogen-bond donors (Lipinski definition) is 2. The molecule has 0 spiro atoms. The molecule has 0 bridgehead atoms. The van der Waals surface area contributed by atoms with Gasteiger partial charge in [-0.3, -0.25) is 0 Å². The van der Waals surface area contributed by atoms with Crippen LogP contribution < -0.4 is 10.6 Å². The molecule has 0 radical (unpaired) electrons. The number of aromatic nitrogens is 1. The van der Waals surface area contributed by atoms with Gasteiger partial charge in [-0.15, -0.1) is 0 Å². The average molecular weight is 426 g/mol. The molecule has 0 saturated heterocycles. The number of nitrogens with one attached hydrogen (secondary N) is 2. The third-order valence-corrected chi connectivity index (χ3v) is 5.62. The number of amides is 2. The van der Waals surface area contributed by atoms with Crippen LogP contribution in [0.5, 0.6) is 0 Å². The Balaban J connectivity index is 1.88. The van der Waals surface area contributed by atoms with Crippen LogP contribution in [0.1, 0.15) is 46.7 Å². The number of fused-ring (bicyclic) bond motifs is 1. The molecular weight excluding hydrogens is 403 g/mol. The van der Waals surface area contributed by atoms with E-state index in [1.54, 1.807) is 34.6 Å². The van der Waals surface area contributed by atoms with E-state index in [1.165, 1.54) is 6.07 Å². The summed E-state index contributed by atoms with van der Waals surface area (Å²) in [7, 11) is -3.81. The summed E-state index contributed by atoms with van der Waals surface area (Å²) in [5.41, 5.74) is -1.18.